The van der Waals surface area contributed by atoms with Crippen molar-refractivity contribution in [1.82, 2.24) is 0 Å². The van der Waals surface area contributed by atoms with E-state index in [0.717, 1.165) is 0 Å². The first-order valence-electron chi connectivity index (χ1n) is 5.81. The van der Waals surface area contributed by atoms with Gasteiger partial charge in [0.05, 0.1) is 0 Å². The first-order valence-corrected chi connectivity index (χ1v) is 5.81. The van der Waals surface area contributed by atoms with Gasteiger partial charge in [-0.3, -0.25) is 4.79 Å². The normalized spacial score (nSPS) is 10.3. The van der Waals surface area contributed by atoms with E-state index in [2.05, 4.69) is 5.32 Å². The SMILES string of the molecule is Cc1ccc(NC(=O)c2ccc(F)cc2C)cc1F. The topological polar surface area (TPSA) is 29.1 Å². The number of benzene rings is 2. The highest BCUT2D eigenvalue weighted by atomic mass is 19.1. The maximum atomic E-state index is 13.4. The van der Waals surface area contributed by atoms with Gasteiger partial charge in [-0.2, -0.15) is 0 Å². The molecular formula is C15H13F2NO. The van der Waals surface area contributed by atoms with E-state index in [0.29, 0.717) is 22.4 Å². The van der Waals surface area contributed by atoms with Crippen LogP contribution in [-0.2, 0) is 0 Å². The van der Waals surface area contributed by atoms with Gasteiger partial charge >= 0.3 is 0 Å². The Morgan fingerprint density at radius 1 is 1.00 bits per heavy atom. The Morgan fingerprint density at radius 2 is 1.74 bits per heavy atom. The van der Waals surface area contributed by atoms with Crippen molar-refractivity contribution >= 4 is 11.6 Å². The summed E-state index contributed by atoms with van der Waals surface area (Å²) in [5.41, 5.74) is 1.78. The van der Waals surface area contributed by atoms with Gasteiger partial charge in [0.1, 0.15) is 11.6 Å². The quantitative estimate of drug-likeness (QED) is 0.874. The molecule has 98 valence electrons. The number of anilines is 1. The van der Waals surface area contributed by atoms with Gasteiger partial charge in [-0.25, -0.2) is 8.78 Å². The van der Waals surface area contributed by atoms with Gasteiger partial charge in [-0.1, -0.05) is 6.07 Å². The summed E-state index contributed by atoms with van der Waals surface area (Å²) in [5, 5.41) is 2.59. The van der Waals surface area contributed by atoms with Crippen LogP contribution in [0.1, 0.15) is 21.5 Å². The van der Waals surface area contributed by atoms with Gasteiger partial charge in [0.25, 0.3) is 5.91 Å². The van der Waals surface area contributed by atoms with E-state index in [1.165, 1.54) is 24.3 Å². The summed E-state index contributed by atoms with van der Waals surface area (Å²) in [5.74, 6) is -1.16. The van der Waals surface area contributed by atoms with Crippen LogP contribution in [0.5, 0.6) is 0 Å². The van der Waals surface area contributed by atoms with E-state index in [9.17, 15) is 13.6 Å². The maximum Gasteiger partial charge on any atom is 0.255 e. The van der Waals surface area contributed by atoms with Crippen molar-refractivity contribution in [3.63, 3.8) is 0 Å². The minimum atomic E-state index is -0.393. The number of amides is 1. The van der Waals surface area contributed by atoms with Crippen molar-refractivity contribution in [2.45, 2.75) is 13.8 Å². The second kappa shape index (κ2) is 5.18. The zero-order valence-corrected chi connectivity index (χ0v) is 10.6. The number of carbonyl (C=O) groups excluding carboxylic acids is 1. The predicted molar refractivity (Wildman–Crippen MR) is 70.2 cm³/mol. The van der Waals surface area contributed by atoms with Crippen LogP contribution in [0.3, 0.4) is 0 Å². The molecule has 2 nitrogen and oxygen atoms in total. The summed E-state index contributed by atoms with van der Waals surface area (Å²) in [4.78, 5) is 12.0. The number of hydrogen-bond acceptors (Lipinski definition) is 1. The third kappa shape index (κ3) is 2.96. The molecule has 0 radical (unpaired) electrons. The van der Waals surface area contributed by atoms with Crippen molar-refractivity contribution in [3.05, 3.63) is 64.7 Å². The number of hydrogen-bond donors (Lipinski definition) is 1. The van der Waals surface area contributed by atoms with Crippen molar-refractivity contribution in [1.29, 1.82) is 0 Å². The molecule has 1 N–H and O–H groups in total. The molecule has 0 aliphatic heterocycles. The Hall–Kier alpha value is -2.23. The highest BCUT2D eigenvalue weighted by Crippen LogP contribution is 2.16. The zero-order valence-electron chi connectivity index (χ0n) is 10.6. The zero-order chi connectivity index (χ0) is 14.0. The highest BCUT2D eigenvalue weighted by Gasteiger charge is 2.10. The number of carbonyl (C=O) groups is 1. The van der Waals surface area contributed by atoms with E-state index in [4.69, 9.17) is 0 Å². The molecule has 0 atom stereocenters. The molecule has 0 saturated heterocycles. The van der Waals surface area contributed by atoms with Crippen molar-refractivity contribution in [3.8, 4) is 0 Å². The Balaban J connectivity index is 2.23. The fourth-order valence-corrected chi connectivity index (χ4v) is 1.75. The molecule has 4 heteroatoms. The average molecular weight is 261 g/mol. The van der Waals surface area contributed by atoms with Gasteiger partial charge in [0.2, 0.25) is 0 Å². The Labute approximate surface area is 110 Å². The van der Waals surface area contributed by atoms with Crippen LogP contribution in [0, 0.1) is 25.5 Å². The molecule has 0 bridgehead atoms. The fourth-order valence-electron chi connectivity index (χ4n) is 1.75. The van der Waals surface area contributed by atoms with E-state index in [-0.39, 0.29) is 11.7 Å². The van der Waals surface area contributed by atoms with Crippen LogP contribution >= 0.6 is 0 Å². The second-order valence-electron chi connectivity index (χ2n) is 4.38. The fraction of sp³-hybridized carbons (Fsp3) is 0.133. The van der Waals surface area contributed by atoms with Gasteiger partial charge in [-0.05, 0) is 55.3 Å². The molecule has 0 spiro atoms. The molecule has 0 saturated carbocycles. The minimum Gasteiger partial charge on any atom is -0.322 e. The van der Waals surface area contributed by atoms with Crippen LogP contribution in [0.15, 0.2) is 36.4 Å². The first-order chi connectivity index (χ1) is 8.97. The number of halogens is 2. The predicted octanol–water partition coefficient (Wildman–Crippen LogP) is 3.83. The van der Waals surface area contributed by atoms with Crippen molar-refractivity contribution < 1.29 is 13.6 Å². The van der Waals surface area contributed by atoms with Gasteiger partial charge < -0.3 is 5.32 Å². The number of rotatable bonds is 2. The second-order valence-corrected chi connectivity index (χ2v) is 4.38. The van der Waals surface area contributed by atoms with Crippen LogP contribution in [-0.4, -0.2) is 5.91 Å². The summed E-state index contributed by atoms with van der Waals surface area (Å²) >= 11 is 0. The monoisotopic (exact) mass is 261 g/mol. The molecule has 1 amide bonds. The minimum absolute atomic E-state index is 0.363. The molecule has 0 aromatic heterocycles. The van der Waals surface area contributed by atoms with E-state index < -0.39 is 5.82 Å². The lowest BCUT2D eigenvalue weighted by molar-refractivity contribution is 0.102. The molecule has 0 aliphatic rings. The first kappa shape index (κ1) is 13.2. The molecule has 0 fully saturated rings. The number of aryl methyl sites for hydroxylation is 2. The number of nitrogens with one attached hydrogen (secondary N) is 1. The van der Waals surface area contributed by atoms with Gasteiger partial charge in [0.15, 0.2) is 0 Å². The Kier molecular flexibility index (Phi) is 3.60. The lowest BCUT2D eigenvalue weighted by Gasteiger charge is -2.08. The molecule has 19 heavy (non-hydrogen) atoms. The molecule has 2 aromatic rings. The summed E-state index contributed by atoms with van der Waals surface area (Å²) in [7, 11) is 0. The van der Waals surface area contributed by atoms with E-state index in [1.54, 1.807) is 26.0 Å². The smallest absolute Gasteiger partial charge is 0.255 e. The van der Waals surface area contributed by atoms with Crippen molar-refractivity contribution in [2.75, 3.05) is 5.32 Å². The standard InChI is InChI=1S/C15H13F2NO/c1-9-3-5-12(8-14(9)17)18-15(19)13-6-4-11(16)7-10(13)2/h3-8H,1-2H3,(H,18,19). The molecule has 0 unspecified atom stereocenters. The van der Waals surface area contributed by atoms with Gasteiger partial charge in [-0.15, -0.1) is 0 Å². The summed E-state index contributed by atoms with van der Waals surface area (Å²) in [6, 6.07) is 8.37. The molecule has 0 heterocycles. The van der Waals surface area contributed by atoms with Crippen LogP contribution in [0.25, 0.3) is 0 Å². The third-order valence-electron chi connectivity index (χ3n) is 2.86. The van der Waals surface area contributed by atoms with Crippen molar-refractivity contribution in [2.24, 2.45) is 0 Å². The highest BCUT2D eigenvalue weighted by molar-refractivity contribution is 6.05. The lowest BCUT2D eigenvalue weighted by atomic mass is 10.1. The third-order valence-corrected chi connectivity index (χ3v) is 2.86. The Morgan fingerprint density at radius 3 is 2.37 bits per heavy atom. The largest absolute Gasteiger partial charge is 0.322 e. The molecular weight excluding hydrogens is 248 g/mol. The maximum absolute atomic E-state index is 13.4. The van der Waals surface area contributed by atoms with E-state index >= 15 is 0 Å². The van der Waals surface area contributed by atoms with Crippen LogP contribution in [0.4, 0.5) is 14.5 Å². The summed E-state index contributed by atoms with van der Waals surface area (Å²) in [6.07, 6.45) is 0. The molecule has 2 rings (SSSR count). The van der Waals surface area contributed by atoms with E-state index in [1.807, 2.05) is 0 Å². The van der Waals surface area contributed by atoms with Crippen LogP contribution < -0.4 is 5.32 Å². The summed E-state index contributed by atoms with van der Waals surface area (Å²) in [6.45, 7) is 3.29. The molecule has 0 aliphatic carbocycles. The average Bonchev–Trinajstić information content (AvgIpc) is 2.33. The van der Waals surface area contributed by atoms with Crippen LogP contribution in [0.2, 0.25) is 0 Å². The summed E-state index contributed by atoms with van der Waals surface area (Å²) < 4.78 is 26.3. The van der Waals surface area contributed by atoms with Gasteiger partial charge in [0, 0.05) is 11.3 Å². The molecule has 2 aromatic carbocycles. The lowest BCUT2D eigenvalue weighted by Crippen LogP contribution is -2.13. The Bertz CT molecular complexity index is 638.